The lowest BCUT2D eigenvalue weighted by Gasteiger charge is -2.34. The summed E-state index contributed by atoms with van der Waals surface area (Å²) in [5.41, 5.74) is 18.3. The van der Waals surface area contributed by atoms with Crippen LogP contribution in [0.4, 0.5) is 0 Å². The van der Waals surface area contributed by atoms with Crippen molar-refractivity contribution in [2.24, 2.45) is 0 Å². The third kappa shape index (κ3) is 4.85. The second-order valence-electron chi connectivity index (χ2n) is 17.0. The number of hydrogen-bond acceptors (Lipinski definition) is 2. The van der Waals surface area contributed by atoms with Gasteiger partial charge >= 0.3 is 0 Å². The van der Waals surface area contributed by atoms with Crippen LogP contribution < -0.4 is 10.6 Å². The first-order chi connectivity index (χ1) is 27.3. The summed E-state index contributed by atoms with van der Waals surface area (Å²) in [4.78, 5) is 0. The SMILES string of the molecule is CC1(C)c2cc3ccccc3cc2-c2c(-c3ccc(C4=CC(c5cc6c(c7ccccc57)-c5ccccc5C6(C)C)NC(c5ccccc5)N4)cc3)cccc21. The maximum absolute atomic E-state index is 4.03. The number of nitrogens with one attached hydrogen (secondary N) is 2. The molecule has 0 spiro atoms. The first-order valence-electron chi connectivity index (χ1n) is 20.0. The van der Waals surface area contributed by atoms with Gasteiger partial charge < -0.3 is 5.32 Å². The molecule has 0 bridgehead atoms. The molecule has 8 aromatic carbocycles. The average Bonchev–Trinajstić information content (AvgIpc) is 3.62. The molecule has 0 radical (unpaired) electrons. The van der Waals surface area contributed by atoms with Crippen LogP contribution in [0.1, 0.15) is 78.8 Å². The predicted molar refractivity (Wildman–Crippen MR) is 235 cm³/mol. The highest BCUT2D eigenvalue weighted by molar-refractivity contribution is 6.04. The fourth-order valence-corrected chi connectivity index (χ4v) is 10.2. The highest BCUT2D eigenvalue weighted by atomic mass is 15.2. The van der Waals surface area contributed by atoms with E-state index in [4.69, 9.17) is 0 Å². The summed E-state index contributed by atoms with van der Waals surface area (Å²) in [6.07, 6.45) is 2.34. The first-order valence-corrected chi connectivity index (χ1v) is 20.0. The maximum atomic E-state index is 4.03. The van der Waals surface area contributed by atoms with Crippen LogP contribution in [0.15, 0.2) is 170 Å². The van der Waals surface area contributed by atoms with Gasteiger partial charge in [-0.25, -0.2) is 0 Å². The Balaban J connectivity index is 1.03. The van der Waals surface area contributed by atoms with Crippen molar-refractivity contribution in [3.63, 3.8) is 0 Å². The summed E-state index contributed by atoms with van der Waals surface area (Å²) in [6, 6.07) is 60.9. The van der Waals surface area contributed by atoms with E-state index in [0.29, 0.717) is 0 Å². The monoisotopic (exact) mass is 720 g/mol. The van der Waals surface area contributed by atoms with E-state index < -0.39 is 0 Å². The second kappa shape index (κ2) is 12.1. The topological polar surface area (TPSA) is 24.1 Å². The van der Waals surface area contributed by atoms with Crippen molar-refractivity contribution >= 4 is 27.2 Å². The molecule has 11 rings (SSSR count). The molecule has 2 N–H and O–H groups in total. The molecule has 2 atom stereocenters. The molecule has 2 aliphatic carbocycles. The van der Waals surface area contributed by atoms with Crippen molar-refractivity contribution in [2.75, 3.05) is 0 Å². The van der Waals surface area contributed by atoms with Gasteiger partial charge in [0.25, 0.3) is 0 Å². The maximum Gasteiger partial charge on any atom is 0.104 e. The Kier molecular flexibility index (Phi) is 7.18. The molecule has 0 amide bonds. The lowest BCUT2D eigenvalue weighted by Crippen LogP contribution is -2.39. The van der Waals surface area contributed by atoms with E-state index in [2.05, 4.69) is 208 Å². The minimum atomic E-state index is -0.0979. The minimum absolute atomic E-state index is 0.0169. The van der Waals surface area contributed by atoms with Gasteiger partial charge in [-0.2, -0.15) is 0 Å². The van der Waals surface area contributed by atoms with Gasteiger partial charge in [-0.15, -0.1) is 0 Å². The van der Waals surface area contributed by atoms with Crippen molar-refractivity contribution in [1.82, 2.24) is 10.6 Å². The van der Waals surface area contributed by atoms with Crippen molar-refractivity contribution in [3.05, 3.63) is 209 Å². The summed E-state index contributed by atoms with van der Waals surface area (Å²) in [5, 5.41) is 13.1. The van der Waals surface area contributed by atoms with Gasteiger partial charge in [-0.3, -0.25) is 5.32 Å². The molecule has 0 aromatic heterocycles. The second-order valence-corrected chi connectivity index (χ2v) is 17.0. The van der Waals surface area contributed by atoms with Crippen LogP contribution in [0.3, 0.4) is 0 Å². The predicted octanol–water partition coefficient (Wildman–Crippen LogP) is 13.2. The molecule has 1 aliphatic heterocycles. The van der Waals surface area contributed by atoms with Gasteiger partial charge in [-0.1, -0.05) is 179 Å². The molecule has 8 aromatic rings. The van der Waals surface area contributed by atoms with Crippen molar-refractivity contribution in [2.45, 2.75) is 50.7 Å². The number of benzene rings is 8. The fourth-order valence-electron chi connectivity index (χ4n) is 10.2. The Bertz CT molecular complexity index is 2910. The van der Waals surface area contributed by atoms with E-state index in [1.54, 1.807) is 0 Å². The Morgan fingerprint density at radius 1 is 0.446 bits per heavy atom. The Morgan fingerprint density at radius 3 is 1.88 bits per heavy atom. The van der Waals surface area contributed by atoms with E-state index in [-0.39, 0.29) is 23.0 Å². The van der Waals surface area contributed by atoms with Crippen LogP contribution in [0.2, 0.25) is 0 Å². The number of rotatable bonds is 4. The third-order valence-corrected chi connectivity index (χ3v) is 13.1. The first kappa shape index (κ1) is 33.1. The fraction of sp³-hybridized carbons (Fsp3) is 0.148. The number of fused-ring (bicyclic) bond motifs is 9. The summed E-state index contributed by atoms with van der Waals surface area (Å²) in [5.74, 6) is 0. The van der Waals surface area contributed by atoms with Crippen LogP contribution in [0.25, 0.3) is 60.6 Å². The molecule has 2 nitrogen and oxygen atoms in total. The van der Waals surface area contributed by atoms with E-state index in [1.807, 2.05) is 0 Å². The van der Waals surface area contributed by atoms with Crippen molar-refractivity contribution < 1.29 is 0 Å². The van der Waals surface area contributed by atoms with Gasteiger partial charge in [0, 0.05) is 16.5 Å². The number of hydrogen-bond donors (Lipinski definition) is 2. The molecule has 3 aliphatic rings. The van der Waals surface area contributed by atoms with Gasteiger partial charge in [0.2, 0.25) is 0 Å². The lowest BCUT2D eigenvalue weighted by molar-refractivity contribution is 0.443. The van der Waals surface area contributed by atoms with Crippen LogP contribution in [0.5, 0.6) is 0 Å². The molecule has 270 valence electrons. The van der Waals surface area contributed by atoms with E-state index >= 15 is 0 Å². The van der Waals surface area contributed by atoms with Crippen molar-refractivity contribution in [3.8, 4) is 33.4 Å². The molecule has 2 heteroatoms. The molecule has 0 saturated carbocycles. The smallest absolute Gasteiger partial charge is 0.104 e. The van der Waals surface area contributed by atoms with E-state index in [1.165, 1.54) is 93.9 Å². The molecule has 2 unspecified atom stereocenters. The molecule has 0 fully saturated rings. The summed E-state index contributed by atoms with van der Waals surface area (Å²) >= 11 is 0. The van der Waals surface area contributed by atoms with Gasteiger partial charge in [-0.05, 0) is 112 Å². The highest BCUT2D eigenvalue weighted by Crippen LogP contribution is 2.54. The van der Waals surface area contributed by atoms with Gasteiger partial charge in [0.1, 0.15) is 6.17 Å². The standard InChI is InChI=1S/C54H44N2/c1-53(2)44-23-13-12-21-41(44)51-40-20-11-10-19-39(40)42(31-47(51)53)49-32-48(55-52(56-49)35-15-6-5-7-16-35)34-27-25-33(26-28-34)38-22-14-24-45-50(38)43-29-36-17-8-9-18-37(36)30-46(43)54(45,3)4/h5-32,49,52,55-56H,1-4H3. The van der Waals surface area contributed by atoms with Crippen LogP contribution in [0, 0.1) is 0 Å². The Labute approximate surface area is 329 Å². The lowest BCUT2D eigenvalue weighted by atomic mass is 9.80. The molecule has 56 heavy (non-hydrogen) atoms. The summed E-state index contributed by atoms with van der Waals surface area (Å²) in [6.45, 7) is 9.51. The minimum Gasteiger partial charge on any atom is -0.366 e. The van der Waals surface area contributed by atoms with Crippen LogP contribution in [-0.2, 0) is 10.8 Å². The van der Waals surface area contributed by atoms with Crippen LogP contribution in [-0.4, -0.2) is 0 Å². The zero-order valence-electron chi connectivity index (χ0n) is 32.3. The highest BCUT2D eigenvalue weighted by Gasteiger charge is 2.39. The Hall–Kier alpha value is -6.22. The summed E-state index contributed by atoms with van der Waals surface area (Å²) < 4.78 is 0. The van der Waals surface area contributed by atoms with Crippen molar-refractivity contribution in [1.29, 1.82) is 0 Å². The quantitative estimate of drug-likeness (QED) is 0.189. The van der Waals surface area contributed by atoms with Gasteiger partial charge in [0.15, 0.2) is 0 Å². The molecule has 0 saturated heterocycles. The normalized spacial score (nSPS) is 18.5. The largest absolute Gasteiger partial charge is 0.366 e. The molecular formula is C54H44N2. The van der Waals surface area contributed by atoms with E-state index in [0.717, 1.165) is 5.70 Å². The Morgan fingerprint density at radius 2 is 1.07 bits per heavy atom. The average molecular weight is 721 g/mol. The zero-order chi connectivity index (χ0) is 37.8. The zero-order valence-corrected chi connectivity index (χ0v) is 32.3. The molecule has 1 heterocycles. The van der Waals surface area contributed by atoms with E-state index in [9.17, 15) is 0 Å². The summed E-state index contributed by atoms with van der Waals surface area (Å²) in [7, 11) is 0. The van der Waals surface area contributed by atoms with Crippen LogP contribution >= 0.6 is 0 Å². The molecular weight excluding hydrogens is 677 g/mol. The van der Waals surface area contributed by atoms with Gasteiger partial charge in [0.05, 0.1) is 6.04 Å². The third-order valence-electron chi connectivity index (χ3n) is 13.1.